The lowest BCUT2D eigenvalue weighted by atomic mass is 9.79. The summed E-state index contributed by atoms with van der Waals surface area (Å²) in [5.41, 5.74) is 0.689. The van der Waals surface area contributed by atoms with Gasteiger partial charge < -0.3 is 42.1 Å². The van der Waals surface area contributed by atoms with Crippen LogP contribution in [-0.2, 0) is 25.7 Å². The minimum absolute atomic E-state index is 0.0243. The summed E-state index contributed by atoms with van der Waals surface area (Å²) in [5.74, 6) is -1.44. The Kier molecular flexibility index (Phi) is 20.0. The number of carbonyl (C=O) groups excluding carboxylic acids is 5. The molecule has 4 rings (SSSR count). The lowest BCUT2D eigenvalue weighted by Crippen LogP contribution is -2.57. The van der Waals surface area contributed by atoms with Crippen LogP contribution in [0.5, 0.6) is 0 Å². The summed E-state index contributed by atoms with van der Waals surface area (Å²) in [7, 11) is 0. The second-order valence-electron chi connectivity index (χ2n) is 17.1. The van der Waals surface area contributed by atoms with E-state index >= 15 is 0 Å². The zero-order chi connectivity index (χ0) is 42.0. The SMILES string of the molecule is CC[C@H](C)[C@H](NC(=O)[C@H](C(C)C)[C@@H](O)[C@H](O)[C@H](CC1CCCCC1)NC(=O)CCCCCNC(=O)CCCC[C@@H]1SC[C@@H]2NC(=O)N[C@@H]21)C(=O)NCc1ccccn1. The number of nitrogens with one attached hydrogen (secondary N) is 6. The fraction of sp³-hybridized carbons (Fsp3) is 0.767. The number of fused-ring (bicyclic) bond motifs is 1. The van der Waals surface area contributed by atoms with Gasteiger partial charge in [-0.05, 0) is 62.0 Å². The average molecular weight is 830 g/mol. The van der Waals surface area contributed by atoms with Gasteiger partial charge in [-0.2, -0.15) is 11.8 Å². The Morgan fingerprint density at radius 1 is 0.879 bits per heavy atom. The third kappa shape index (κ3) is 15.0. The van der Waals surface area contributed by atoms with E-state index in [2.05, 4.69) is 36.9 Å². The Hall–Kier alpha value is -3.43. The molecule has 6 amide bonds. The Morgan fingerprint density at radius 2 is 1.62 bits per heavy atom. The molecule has 8 N–H and O–H groups in total. The van der Waals surface area contributed by atoms with Gasteiger partial charge in [0.1, 0.15) is 12.1 Å². The fourth-order valence-electron chi connectivity index (χ4n) is 8.57. The third-order valence-corrected chi connectivity index (χ3v) is 13.8. The highest BCUT2D eigenvalue weighted by atomic mass is 32.2. The van der Waals surface area contributed by atoms with Crippen LogP contribution in [0.2, 0.25) is 0 Å². The van der Waals surface area contributed by atoms with Crippen LogP contribution >= 0.6 is 11.8 Å². The number of amides is 6. The van der Waals surface area contributed by atoms with E-state index in [-0.39, 0.29) is 66.6 Å². The van der Waals surface area contributed by atoms with Gasteiger partial charge in [0, 0.05) is 36.6 Å². The smallest absolute Gasteiger partial charge is 0.315 e. The number of carbonyl (C=O) groups is 5. The maximum atomic E-state index is 13.9. The quantitative estimate of drug-likeness (QED) is 0.0527. The summed E-state index contributed by atoms with van der Waals surface area (Å²) in [6.07, 6.45) is 10.7. The van der Waals surface area contributed by atoms with E-state index in [1.807, 2.05) is 31.7 Å². The molecular formula is C43H71N7O7S. The molecule has 3 heterocycles. The average Bonchev–Trinajstić information content (AvgIpc) is 3.77. The van der Waals surface area contributed by atoms with E-state index in [0.717, 1.165) is 70.0 Å². The molecule has 0 spiro atoms. The number of thioether (sulfide) groups is 1. The fourth-order valence-corrected chi connectivity index (χ4v) is 10.1. The van der Waals surface area contributed by atoms with Crippen molar-refractivity contribution in [1.29, 1.82) is 0 Å². The van der Waals surface area contributed by atoms with E-state index in [0.29, 0.717) is 43.2 Å². The number of hydrogen-bond acceptors (Lipinski definition) is 9. The number of pyridine rings is 1. The van der Waals surface area contributed by atoms with Crippen LogP contribution in [-0.4, -0.2) is 98.8 Å². The van der Waals surface area contributed by atoms with E-state index < -0.39 is 36.1 Å². The molecule has 1 aliphatic carbocycles. The van der Waals surface area contributed by atoms with Crippen LogP contribution in [0.4, 0.5) is 4.79 Å². The van der Waals surface area contributed by atoms with Gasteiger partial charge in [0.25, 0.3) is 0 Å². The van der Waals surface area contributed by atoms with Crippen molar-refractivity contribution < 1.29 is 34.2 Å². The monoisotopic (exact) mass is 830 g/mol. The number of aliphatic hydroxyl groups excluding tert-OH is 2. The summed E-state index contributed by atoms with van der Waals surface area (Å²) in [6.45, 7) is 8.18. The molecule has 2 saturated heterocycles. The predicted octanol–water partition coefficient (Wildman–Crippen LogP) is 4.08. The number of hydrogen-bond donors (Lipinski definition) is 8. The van der Waals surface area contributed by atoms with Gasteiger partial charge in [-0.1, -0.05) is 85.1 Å². The number of aliphatic hydroxyl groups is 2. The largest absolute Gasteiger partial charge is 0.390 e. The van der Waals surface area contributed by atoms with E-state index in [1.165, 1.54) is 0 Å². The zero-order valence-corrected chi connectivity index (χ0v) is 36.0. The number of aromatic nitrogens is 1. The molecule has 1 saturated carbocycles. The first kappa shape index (κ1) is 47.3. The molecule has 14 nitrogen and oxygen atoms in total. The summed E-state index contributed by atoms with van der Waals surface area (Å²) < 4.78 is 0. The first-order chi connectivity index (χ1) is 27.9. The number of urea groups is 1. The number of nitrogens with zero attached hydrogens (tertiary/aromatic N) is 1. The Balaban J connectivity index is 1.22. The molecule has 0 radical (unpaired) electrons. The highest BCUT2D eigenvalue weighted by Crippen LogP contribution is 2.33. The summed E-state index contributed by atoms with van der Waals surface area (Å²) in [5, 5.41) is 41.5. The Labute approximate surface area is 349 Å². The van der Waals surface area contributed by atoms with Crippen LogP contribution in [0.25, 0.3) is 0 Å². The van der Waals surface area contributed by atoms with Crippen molar-refractivity contribution in [2.75, 3.05) is 12.3 Å². The minimum Gasteiger partial charge on any atom is -0.390 e. The van der Waals surface area contributed by atoms with Crippen molar-refractivity contribution in [2.45, 2.75) is 172 Å². The molecule has 15 heteroatoms. The van der Waals surface area contributed by atoms with Gasteiger partial charge in [-0.25, -0.2) is 4.79 Å². The first-order valence-electron chi connectivity index (χ1n) is 22.0. The Bertz CT molecular complexity index is 1450. The molecule has 9 atom stereocenters. The molecule has 58 heavy (non-hydrogen) atoms. The maximum absolute atomic E-state index is 13.9. The molecule has 1 aromatic heterocycles. The molecule has 2 aliphatic heterocycles. The van der Waals surface area contributed by atoms with Crippen LogP contribution in [0.15, 0.2) is 24.4 Å². The Morgan fingerprint density at radius 3 is 2.33 bits per heavy atom. The van der Waals surface area contributed by atoms with Crippen LogP contribution < -0.4 is 31.9 Å². The highest BCUT2D eigenvalue weighted by molar-refractivity contribution is 8.00. The molecular weight excluding hydrogens is 759 g/mol. The normalized spacial score (nSPS) is 22.4. The lowest BCUT2D eigenvalue weighted by Gasteiger charge is -2.36. The maximum Gasteiger partial charge on any atom is 0.315 e. The van der Waals surface area contributed by atoms with Crippen molar-refractivity contribution in [1.82, 2.24) is 36.9 Å². The minimum atomic E-state index is -1.48. The summed E-state index contributed by atoms with van der Waals surface area (Å²) in [4.78, 5) is 68.8. The number of unbranched alkanes of at least 4 members (excludes halogenated alkanes) is 3. The van der Waals surface area contributed by atoms with E-state index in [4.69, 9.17) is 0 Å². The molecule has 3 aliphatic rings. The van der Waals surface area contributed by atoms with Crippen LogP contribution in [0, 0.1) is 23.7 Å². The van der Waals surface area contributed by atoms with Crippen molar-refractivity contribution in [3.8, 4) is 0 Å². The lowest BCUT2D eigenvalue weighted by molar-refractivity contribution is -0.140. The molecule has 1 aromatic rings. The molecule has 3 fully saturated rings. The third-order valence-electron chi connectivity index (χ3n) is 12.3. The van der Waals surface area contributed by atoms with Crippen molar-refractivity contribution in [3.63, 3.8) is 0 Å². The van der Waals surface area contributed by atoms with Gasteiger partial charge in [0.15, 0.2) is 0 Å². The molecule has 0 unspecified atom stereocenters. The predicted molar refractivity (Wildman–Crippen MR) is 226 cm³/mol. The standard InChI is InChI=1S/C43H71N7O7S/c1-5-28(4)37(42(56)46-25-30-18-13-15-22-44-30)49-41(55)36(27(2)3)40(54)39(53)31(24-29-16-8-6-9-17-29)47-35(52)21-10-7-14-23-45-34(51)20-12-11-19-33-38-32(26-58-33)48-43(57)50-38/h13,15,18,22,27-29,31-33,36-40,53-54H,5-12,14,16-17,19-21,23-26H2,1-4H3,(H,45,51)(H,46,56)(H,47,52)(H,49,55)(H2,48,50,57)/t28-,31-,32-,33-,36+,37-,38-,39+,40+/m0/s1. The van der Waals surface area contributed by atoms with Gasteiger partial charge in [-0.15, -0.1) is 0 Å². The van der Waals surface area contributed by atoms with Crippen molar-refractivity contribution >= 4 is 41.4 Å². The van der Waals surface area contributed by atoms with Gasteiger partial charge in [0.05, 0.1) is 42.4 Å². The second kappa shape index (κ2) is 24.6. The molecule has 0 aromatic carbocycles. The van der Waals surface area contributed by atoms with Crippen molar-refractivity contribution in [3.05, 3.63) is 30.1 Å². The number of rotatable bonds is 25. The van der Waals surface area contributed by atoms with Gasteiger partial charge in [-0.3, -0.25) is 24.2 Å². The van der Waals surface area contributed by atoms with Crippen LogP contribution in [0.1, 0.15) is 130 Å². The second-order valence-corrected chi connectivity index (χ2v) is 18.4. The van der Waals surface area contributed by atoms with Gasteiger partial charge in [0.2, 0.25) is 23.6 Å². The van der Waals surface area contributed by atoms with Gasteiger partial charge >= 0.3 is 6.03 Å². The summed E-state index contributed by atoms with van der Waals surface area (Å²) >= 11 is 1.88. The topological polar surface area (TPSA) is 211 Å². The van der Waals surface area contributed by atoms with E-state index in [1.54, 1.807) is 32.2 Å². The van der Waals surface area contributed by atoms with E-state index in [9.17, 15) is 34.2 Å². The first-order valence-corrected chi connectivity index (χ1v) is 23.0. The van der Waals surface area contributed by atoms with Crippen molar-refractivity contribution in [2.24, 2.45) is 23.7 Å². The summed E-state index contributed by atoms with van der Waals surface area (Å²) in [6, 6.07) is 4.15. The molecule has 326 valence electrons. The van der Waals surface area contributed by atoms with Crippen LogP contribution in [0.3, 0.4) is 0 Å². The highest BCUT2D eigenvalue weighted by Gasteiger charge is 2.43. The zero-order valence-electron chi connectivity index (χ0n) is 35.2. The molecule has 0 bridgehead atoms.